The number of hydrogen-bond acceptors (Lipinski definition) is 4. The van der Waals surface area contributed by atoms with Crippen molar-refractivity contribution in [3.63, 3.8) is 0 Å². The predicted octanol–water partition coefficient (Wildman–Crippen LogP) is 1.07. The van der Waals surface area contributed by atoms with E-state index in [0.29, 0.717) is 17.2 Å². The van der Waals surface area contributed by atoms with Crippen molar-refractivity contribution >= 4 is 5.69 Å². The fourth-order valence-corrected chi connectivity index (χ4v) is 1.24. The lowest BCUT2D eigenvalue weighted by atomic mass is 10.3. The molecule has 0 unspecified atom stereocenters. The molecule has 0 aliphatic carbocycles. The van der Waals surface area contributed by atoms with Gasteiger partial charge in [0.15, 0.2) is 0 Å². The Morgan fingerprint density at radius 3 is 2.64 bits per heavy atom. The summed E-state index contributed by atoms with van der Waals surface area (Å²) in [5.74, 6) is 1.54. The number of aromatic nitrogens is 4. The van der Waals surface area contributed by atoms with Crippen LogP contribution in [0.5, 0.6) is 0 Å². The maximum Gasteiger partial charge on any atom is 0.126 e. The topological polar surface area (TPSA) is 80.5 Å². The molecule has 2 aromatic rings. The summed E-state index contributed by atoms with van der Waals surface area (Å²) < 4.78 is 0. The van der Waals surface area contributed by atoms with Crippen LogP contribution in [-0.4, -0.2) is 19.9 Å². The molecule has 2 heterocycles. The highest BCUT2D eigenvalue weighted by Crippen LogP contribution is 2.20. The van der Waals surface area contributed by atoms with E-state index >= 15 is 0 Å². The van der Waals surface area contributed by atoms with Crippen LogP contribution in [0.4, 0.5) is 5.69 Å². The van der Waals surface area contributed by atoms with Gasteiger partial charge in [-0.15, -0.1) is 0 Å². The molecule has 2 aromatic heterocycles. The quantitative estimate of drug-likeness (QED) is 0.703. The Bertz CT molecular complexity index is 460. The highest BCUT2D eigenvalue weighted by atomic mass is 15.0. The fourth-order valence-electron chi connectivity index (χ4n) is 1.24. The minimum atomic E-state index is 0.555. The van der Waals surface area contributed by atoms with E-state index in [1.807, 2.05) is 13.8 Å². The van der Waals surface area contributed by atoms with Crippen LogP contribution in [0.1, 0.15) is 11.6 Å². The van der Waals surface area contributed by atoms with E-state index in [2.05, 4.69) is 19.9 Å². The molecule has 0 aromatic carbocycles. The maximum atomic E-state index is 5.76. The average Bonchev–Trinajstić information content (AvgIpc) is 2.56. The van der Waals surface area contributed by atoms with Gasteiger partial charge in [-0.3, -0.25) is 0 Å². The smallest absolute Gasteiger partial charge is 0.126 e. The zero-order valence-electron chi connectivity index (χ0n) is 8.07. The Hall–Kier alpha value is -1.91. The molecule has 5 heteroatoms. The first kappa shape index (κ1) is 8.68. The van der Waals surface area contributed by atoms with E-state index in [-0.39, 0.29) is 0 Å². The molecule has 0 atom stereocenters. The number of nitrogens with one attached hydrogen (secondary N) is 1. The lowest BCUT2D eigenvalue weighted by Gasteiger charge is -2.01. The van der Waals surface area contributed by atoms with Crippen LogP contribution in [0.15, 0.2) is 12.4 Å². The van der Waals surface area contributed by atoms with Gasteiger partial charge in [0.2, 0.25) is 0 Å². The standard InChI is InChI=1S/C9H11N5/c1-5-12-4-8(13-5)9-7(10)3-11-6(2)14-9/h3-4H,10H2,1-2H3,(H,12,13). The van der Waals surface area contributed by atoms with Gasteiger partial charge in [-0.05, 0) is 13.8 Å². The van der Waals surface area contributed by atoms with Crippen LogP contribution >= 0.6 is 0 Å². The molecule has 0 aliphatic heterocycles. The first-order chi connectivity index (χ1) is 6.66. The zero-order valence-corrected chi connectivity index (χ0v) is 8.07. The monoisotopic (exact) mass is 189 g/mol. The number of nitrogens with zero attached hydrogens (tertiary/aromatic N) is 3. The molecule has 0 fully saturated rings. The largest absolute Gasteiger partial charge is 0.396 e. The van der Waals surface area contributed by atoms with Crippen LogP contribution in [0.25, 0.3) is 11.4 Å². The Kier molecular flexibility index (Phi) is 1.92. The average molecular weight is 189 g/mol. The second-order valence-corrected chi connectivity index (χ2v) is 3.10. The van der Waals surface area contributed by atoms with Crippen molar-refractivity contribution in [2.24, 2.45) is 0 Å². The number of anilines is 1. The summed E-state index contributed by atoms with van der Waals surface area (Å²) in [6, 6.07) is 0. The van der Waals surface area contributed by atoms with Crippen LogP contribution in [-0.2, 0) is 0 Å². The van der Waals surface area contributed by atoms with Crippen LogP contribution in [0.2, 0.25) is 0 Å². The Morgan fingerprint density at radius 2 is 2.00 bits per heavy atom. The molecule has 5 nitrogen and oxygen atoms in total. The molecule has 0 saturated carbocycles. The highest BCUT2D eigenvalue weighted by molar-refractivity contribution is 5.68. The number of aryl methyl sites for hydroxylation is 2. The molecule has 2 rings (SSSR count). The molecule has 0 amide bonds. The van der Waals surface area contributed by atoms with Gasteiger partial charge in [-0.25, -0.2) is 15.0 Å². The van der Waals surface area contributed by atoms with Crippen molar-refractivity contribution in [2.45, 2.75) is 13.8 Å². The van der Waals surface area contributed by atoms with E-state index in [0.717, 1.165) is 11.5 Å². The predicted molar refractivity (Wildman–Crippen MR) is 53.5 cm³/mol. The van der Waals surface area contributed by atoms with Gasteiger partial charge < -0.3 is 10.7 Å². The third kappa shape index (κ3) is 1.44. The highest BCUT2D eigenvalue weighted by Gasteiger charge is 2.07. The molecule has 3 N–H and O–H groups in total. The van der Waals surface area contributed by atoms with Gasteiger partial charge in [0, 0.05) is 0 Å². The number of rotatable bonds is 1. The van der Waals surface area contributed by atoms with Gasteiger partial charge in [0.25, 0.3) is 0 Å². The van der Waals surface area contributed by atoms with Crippen LogP contribution in [0.3, 0.4) is 0 Å². The fraction of sp³-hybridized carbons (Fsp3) is 0.222. The van der Waals surface area contributed by atoms with E-state index in [4.69, 9.17) is 5.73 Å². The summed E-state index contributed by atoms with van der Waals surface area (Å²) in [7, 11) is 0. The first-order valence-electron chi connectivity index (χ1n) is 4.28. The van der Waals surface area contributed by atoms with E-state index in [9.17, 15) is 0 Å². The van der Waals surface area contributed by atoms with Crippen molar-refractivity contribution in [3.8, 4) is 11.4 Å². The van der Waals surface area contributed by atoms with Crippen molar-refractivity contribution < 1.29 is 0 Å². The molecule has 0 aliphatic rings. The summed E-state index contributed by atoms with van der Waals surface area (Å²) in [5, 5.41) is 0. The molecular formula is C9H11N5. The molecule has 14 heavy (non-hydrogen) atoms. The molecular weight excluding hydrogens is 178 g/mol. The zero-order chi connectivity index (χ0) is 10.1. The van der Waals surface area contributed by atoms with Gasteiger partial charge in [0.1, 0.15) is 17.3 Å². The summed E-state index contributed by atoms with van der Waals surface area (Å²) in [6.07, 6.45) is 3.32. The van der Waals surface area contributed by atoms with Gasteiger partial charge in [-0.2, -0.15) is 0 Å². The molecule has 0 radical (unpaired) electrons. The second kappa shape index (κ2) is 3.10. The van der Waals surface area contributed by atoms with Crippen molar-refractivity contribution in [2.75, 3.05) is 5.73 Å². The van der Waals surface area contributed by atoms with Crippen molar-refractivity contribution in [3.05, 3.63) is 24.0 Å². The van der Waals surface area contributed by atoms with E-state index in [1.54, 1.807) is 12.4 Å². The lowest BCUT2D eigenvalue weighted by Crippen LogP contribution is -1.97. The molecule has 0 saturated heterocycles. The third-order valence-electron chi connectivity index (χ3n) is 1.90. The minimum absolute atomic E-state index is 0.555. The summed E-state index contributed by atoms with van der Waals surface area (Å²) in [5.41, 5.74) is 7.84. The number of aromatic amines is 1. The third-order valence-corrected chi connectivity index (χ3v) is 1.90. The number of H-pyrrole nitrogens is 1. The Labute approximate surface area is 81.4 Å². The Morgan fingerprint density at radius 1 is 1.21 bits per heavy atom. The number of hydrogen-bond donors (Lipinski definition) is 2. The Balaban J connectivity index is 2.55. The van der Waals surface area contributed by atoms with Crippen LogP contribution in [0, 0.1) is 13.8 Å². The maximum absolute atomic E-state index is 5.76. The number of imidazole rings is 1. The number of nitrogens with two attached hydrogens (primary N) is 1. The number of nitrogen functional groups attached to an aromatic ring is 1. The molecule has 0 spiro atoms. The molecule has 0 bridgehead atoms. The summed E-state index contributed by atoms with van der Waals surface area (Å²) in [6.45, 7) is 3.71. The summed E-state index contributed by atoms with van der Waals surface area (Å²) in [4.78, 5) is 15.4. The van der Waals surface area contributed by atoms with Gasteiger partial charge >= 0.3 is 0 Å². The summed E-state index contributed by atoms with van der Waals surface area (Å²) >= 11 is 0. The van der Waals surface area contributed by atoms with Crippen LogP contribution < -0.4 is 5.73 Å². The van der Waals surface area contributed by atoms with Crippen molar-refractivity contribution in [1.82, 2.24) is 19.9 Å². The van der Waals surface area contributed by atoms with Crippen molar-refractivity contribution in [1.29, 1.82) is 0 Å². The normalized spacial score (nSPS) is 10.4. The lowest BCUT2D eigenvalue weighted by molar-refractivity contribution is 1.05. The van der Waals surface area contributed by atoms with E-state index in [1.165, 1.54) is 0 Å². The van der Waals surface area contributed by atoms with Gasteiger partial charge in [-0.1, -0.05) is 0 Å². The second-order valence-electron chi connectivity index (χ2n) is 3.10. The SMILES string of the molecule is Cc1ncc(N)c(-c2cnc(C)[nH]2)n1. The molecule has 72 valence electrons. The minimum Gasteiger partial charge on any atom is -0.396 e. The first-order valence-corrected chi connectivity index (χ1v) is 4.28. The van der Waals surface area contributed by atoms with E-state index < -0.39 is 0 Å². The van der Waals surface area contributed by atoms with Gasteiger partial charge in [0.05, 0.1) is 23.8 Å².